The Balaban J connectivity index is 1.23. The quantitative estimate of drug-likeness (QED) is 0.408. The molecule has 0 bridgehead atoms. The SMILES string of the molecule is COc1ccc(CC2CC(C(=O)NCC3=CC=C4C(C3)N=NN4C)N(C(=O)C(N)CCC(=O)N3CCCC3C(F)(F)F)C2)cc1. The van der Waals surface area contributed by atoms with Gasteiger partial charge in [-0.3, -0.25) is 19.4 Å². The lowest BCUT2D eigenvalue weighted by molar-refractivity contribution is -0.182. The van der Waals surface area contributed by atoms with Crippen LogP contribution in [0.5, 0.6) is 5.75 Å². The van der Waals surface area contributed by atoms with E-state index in [0.717, 1.165) is 27.5 Å². The number of nitrogens with zero attached hydrogens (tertiary/aromatic N) is 5. The van der Waals surface area contributed by atoms with Crippen LogP contribution in [0.1, 0.15) is 44.1 Å². The van der Waals surface area contributed by atoms with Gasteiger partial charge in [0.15, 0.2) is 0 Å². The summed E-state index contributed by atoms with van der Waals surface area (Å²) >= 11 is 0. The number of likely N-dealkylation sites (tertiary alicyclic amines) is 2. The average Bonchev–Trinajstić information content (AvgIpc) is 3.77. The lowest BCUT2D eigenvalue weighted by Crippen LogP contribution is -2.52. The Hall–Kier alpha value is -3.94. The van der Waals surface area contributed by atoms with E-state index in [4.69, 9.17) is 10.5 Å². The molecule has 1 aliphatic carbocycles. The van der Waals surface area contributed by atoms with Gasteiger partial charge in [-0.05, 0) is 67.4 Å². The van der Waals surface area contributed by atoms with Gasteiger partial charge in [-0.15, -0.1) is 0 Å². The van der Waals surface area contributed by atoms with Crippen LogP contribution in [0.25, 0.3) is 0 Å². The summed E-state index contributed by atoms with van der Waals surface area (Å²) < 4.78 is 45.3. The summed E-state index contributed by atoms with van der Waals surface area (Å²) in [4.78, 5) is 42.2. The van der Waals surface area contributed by atoms with E-state index in [-0.39, 0.29) is 63.2 Å². The smallest absolute Gasteiger partial charge is 0.408 e. The maximum absolute atomic E-state index is 13.6. The maximum atomic E-state index is 13.6. The highest BCUT2D eigenvalue weighted by Crippen LogP contribution is 2.34. The highest BCUT2D eigenvalue weighted by molar-refractivity contribution is 5.91. The van der Waals surface area contributed by atoms with Gasteiger partial charge in [-0.2, -0.15) is 18.3 Å². The third-order valence-corrected chi connectivity index (χ3v) is 9.07. The van der Waals surface area contributed by atoms with Crippen molar-refractivity contribution < 1.29 is 32.3 Å². The van der Waals surface area contributed by atoms with E-state index in [1.54, 1.807) is 12.1 Å². The highest BCUT2D eigenvalue weighted by atomic mass is 19.4. The molecule has 2 saturated heterocycles. The number of hydrogen-bond acceptors (Lipinski definition) is 8. The minimum absolute atomic E-state index is 0.0292. The molecule has 14 heteroatoms. The van der Waals surface area contributed by atoms with E-state index in [9.17, 15) is 27.6 Å². The maximum Gasteiger partial charge on any atom is 0.408 e. The highest BCUT2D eigenvalue weighted by Gasteiger charge is 2.48. The van der Waals surface area contributed by atoms with Gasteiger partial charge in [0.05, 0.1) is 18.8 Å². The molecule has 3 amide bonds. The number of rotatable bonds is 10. The first-order valence-electron chi connectivity index (χ1n) is 15.3. The topological polar surface area (TPSA) is 133 Å². The summed E-state index contributed by atoms with van der Waals surface area (Å²) in [7, 11) is 3.42. The Labute approximate surface area is 260 Å². The summed E-state index contributed by atoms with van der Waals surface area (Å²) in [5, 5.41) is 13.0. The number of likely N-dealkylation sites (N-methyl/N-ethyl adjacent to an activating group) is 1. The summed E-state index contributed by atoms with van der Waals surface area (Å²) in [6, 6.07) is 3.79. The Kier molecular flexibility index (Phi) is 9.80. The number of nitrogens with one attached hydrogen (secondary N) is 1. The molecule has 0 aromatic heterocycles. The van der Waals surface area contributed by atoms with Crippen LogP contribution < -0.4 is 15.8 Å². The lowest BCUT2D eigenvalue weighted by atomic mass is 9.96. The second kappa shape index (κ2) is 13.6. The molecule has 0 saturated carbocycles. The van der Waals surface area contributed by atoms with Crippen molar-refractivity contribution in [1.82, 2.24) is 20.1 Å². The molecule has 5 unspecified atom stereocenters. The van der Waals surface area contributed by atoms with E-state index in [0.29, 0.717) is 19.3 Å². The normalized spacial score (nSPS) is 25.2. The number of fused-ring (bicyclic) bond motifs is 1. The van der Waals surface area contributed by atoms with Gasteiger partial charge in [-0.25, -0.2) is 0 Å². The van der Waals surface area contributed by atoms with E-state index in [1.165, 1.54) is 4.90 Å². The molecule has 5 rings (SSSR count). The fourth-order valence-corrected chi connectivity index (χ4v) is 6.62. The fraction of sp³-hybridized carbons (Fsp3) is 0.581. The van der Waals surface area contributed by atoms with Crippen molar-refractivity contribution in [2.24, 2.45) is 22.0 Å². The second-order valence-electron chi connectivity index (χ2n) is 12.2. The first kappa shape index (κ1) is 32.5. The number of allylic oxidation sites excluding steroid dienone is 2. The molecule has 0 spiro atoms. The monoisotopic (exact) mass is 631 g/mol. The number of nitrogens with two attached hydrogens (primary N) is 1. The number of benzene rings is 1. The van der Waals surface area contributed by atoms with Crippen LogP contribution in [-0.4, -0.2) is 96.7 Å². The molecule has 3 heterocycles. The van der Waals surface area contributed by atoms with Gasteiger partial charge in [0.25, 0.3) is 0 Å². The second-order valence-corrected chi connectivity index (χ2v) is 12.2. The Morgan fingerprint density at radius 3 is 2.62 bits per heavy atom. The van der Waals surface area contributed by atoms with Crippen molar-refractivity contribution in [2.75, 3.05) is 33.8 Å². The number of amides is 3. The van der Waals surface area contributed by atoms with Gasteiger partial charge in [0.1, 0.15) is 23.9 Å². The number of halogens is 3. The molecule has 2 fully saturated rings. The van der Waals surface area contributed by atoms with E-state index < -0.39 is 36.1 Å². The van der Waals surface area contributed by atoms with Crippen LogP contribution in [0.15, 0.2) is 58.0 Å². The van der Waals surface area contributed by atoms with Gasteiger partial charge in [0.2, 0.25) is 17.7 Å². The lowest BCUT2D eigenvalue weighted by Gasteiger charge is -2.29. The zero-order valence-electron chi connectivity index (χ0n) is 25.5. The number of alkyl halides is 3. The zero-order valence-corrected chi connectivity index (χ0v) is 25.5. The van der Waals surface area contributed by atoms with Crippen LogP contribution in [0, 0.1) is 5.92 Å². The van der Waals surface area contributed by atoms with Crippen LogP contribution in [-0.2, 0) is 20.8 Å². The predicted molar refractivity (Wildman–Crippen MR) is 159 cm³/mol. The van der Waals surface area contributed by atoms with Gasteiger partial charge in [-0.1, -0.05) is 23.4 Å². The van der Waals surface area contributed by atoms with Crippen LogP contribution in [0.4, 0.5) is 13.2 Å². The Morgan fingerprint density at radius 1 is 1.16 bits per heavy atom. The van der Waals surface area contributed by atoms with Crippen LogP contribution >= 0.6 is 0 Å². The molecule has 1 aromatic carbocycles. The van der Waals surface area contributed by atoms with Crippen molar-refractivity contribution in [3.63, 3.8) is 0 Å². The Bertz CT molecular complexity index is 1360. The summed E-state index contributed by atoms with van der Waals surface area (Å²) in [6.45, 7) is 0.606. The number of methoxy groups -OCH3 is 1. The molecule has 3 aliphatic heterocycles. The number of carbonyl (C=O) groups excluding carboxylic acids is 3. The minimum atomic E-state index is -4.50. The van der Waals surface area contributed by atoms with Gasteiger partial charge >= 0.3 is 6.18 Å². The largest absolute Gasteiger partial charge is 0.497 e. The zero-order chi connectivity index (χ0) is 32.3. The Morgan fingerprint density at radius 2 is 1.91 bits per heavy atom. The summed E-state index contributed by atoms with van der Waals surface area (Å²) in [5.41, 5.74) is 9.24. The van der Waals surface area contributed by atoms with Gasteiger partial charge < -0.3 is 25.6 Å². The van der Waals surface area contributed by atoms with E-state index in [1.807, 2.05) is 43.5 Å². The van der Waals surface area contributed by atoms with Crippen LogP contribution in [0.3, 0.4) is 0 Å². The molecular weight excluding hydrogens is 591 g/mol. The molecular formula is C31H40F3N7O4. The predicted octanol–water partition coefficient (Wildman–Crippen LogP) is 3.13. The van der Waals surface area contributed by atoms with Crippen molar-refractivity contribution >= 4 is 17.7 Å². The standard InChI is InChI=1S/C31H40F3N7O4/c1-39-25-11-7-20(15-24(25)37-38-39)17-36-29(43)26-16-21(14-19-5-8-22(45-2)9-6-19)18-41(26)30(44)23(35)10-12-28(42)40-13-3-4-27(40)31(32,33)34/h5-9,11,21,23-24,26-27H,3-4,10,12-18,35H2,1-2H3,(H,36,43). The average molecular weight is 632 g/mol. The molecule has 3 N–H and O–H groups in total. The molecule has 1 aromatic rings. The van der Waals surface area contributed by atoms with Crippen molar-refractivity contribution in [2.45, 2.75) is 75.3 Å². The first-order valence-corrected chi connectivity index (χ1v) is 15.3. The van der Waals surface area contributed by atoms with Crippen LogP contribution in [0.2, 0.25) is 0 Å². The fourth-order valence-electron chi connectivity index (χ4n) is 6.62. The molecule has 0 radical (unpaired) electrons. The van der Waals surface area contributed by atoms with Crippen molar-refractivity contribution in [3.8, 4) is 5.75 Å². The summed E-state index contributed by atoms with van der Waals surface area (Å²) in [5.74, 6) is -0.780. The molecule has 5 atom stereocenters. The number of hydrogen-bond donors (Lipinski definition) is 2. The molecule has 11 nitrogen and oxygen atoms in total. The first-order chi connectivity index (χ1) is 21.4. The number of ether oxygens (including phenoxy) is 1. The molecule has 4 aliphatic rings. The molecule has 45 heavy (non-hydrogen) atoms. The van der Waals surface area contributed by atoms with E-state index in [2.05, 4.69) is 15.7 Å². The minimum Gasteiger partial charge on any atom is -0.497 e. The van der Waals surface area contributed by atoms with E-state index >= 15 is 0 Å². The third-order valence-electron chi connectivity index (χ3n) is 9.07. The van der Waals surface area contributed by atoms with Gasteiger partial charge in [0, 0.05) is 39.5 Å². The summed E-state index contributed by atoms with van der Waals surface area (Å²) in [6.07, 6.45) is 0.800. The number of carbonyl (C=O) groups is 3. The molecule has 244 valence electrons. The van der Waals surface area contributed by atoms with Crippen molar-refractivity contribution in [1.29, 1.82) is 0 Å². The van der Waals surface area contributed by atoms with Crippen molar-refractivity contribution in [3.05, 3.63) is 53.3 Å². The third kappa shape index (κ3) is 7.48.